The quantitative estimate of drug-likeness (QED) is 0.653. The topological polar surface area (TPSA) is 81.8 Å². The Morgan fingerprint density at radius 2 is 1.47 bits per heavy atom. The molecule has 1 saturated heterocycles. The van der Waals surface area contributed by atoms with Gasteiger partial charge in [-0.2, -0.15) is 0 Å². The minimum Gasteiger partial charge on any atom is -0.369 e. The van der Waals surface area contributed by atoms with Crippen LogP contribution in [0.15, 0.2) is 36.4 Å². The molecule has 1 aliphatic heterocycles. The molecule has 170 valence electrons. The first-order chi connectivity index (χ1) is 15.2. The van der Waals surface area contributed by atoms with E-state index in [0.29, 0.717) is 5.56 Å². The largest absolute Gasteiger partial charge is 0.369 e. The highest BCUT2D eigenvalue weighted by atomic mass is 16.2. The predicted molar refractivity (Wildman–Crippen MR) is 127 cm³/mol. The maximum atomic E-state index is 12.3. The van der Waals surface area contributed by atoms with Crippen molar-refractivity contribution in [1.29, 1.82) is 0 Å². The molecule has 1 fully saturated rings. The molecular weight excluding hydrogens is 404 g/mol. The van der Waals surface area contributed by atoms with E-state index >= 15 is 0 Å². The van der Waals surface area contributed by atoms with E-state index in [4.69, 9.17) is 0 Å². The van der Waals surface area contributed by atoms with E-state index < -0.39 is 0 Å². The zero-order chi connectivity index (χ0) is 23.3. The molecule has 0 aliphatic carbocycles. The van der Waals surface area contributed by atoms with Gasteiger partial charge in [0.25, 0.3) is 0 Å². The van der Waals surface area contributed by atoms with Crippen LogP contribution in [-0.2, 0) is 9.59 Å². The maximum absolute atomic E-state index is 12.3. The Hall–Kier alpha value is -3.19. The molecule has 2 N–H and O–H groups in total. The lowest BCUT2D eigenvalue weighted by Gasteiger charge is -2.35. The standard InChI is InChI=1S/C25H32N4O3/c1-17-13-18(2)25(19(3)14-17)27-23(31)15-26-24(32)16-28-9-11-29(12-10-28)22-7-5-21(6-8-22)20(4)30/h5-8,13-14H,9-12,15-16H2,1-4H3,(H,26,32)(H,27,31). The minimum absolute atomic E-state index is 0.0476. The highest BCUT2D eigenvalue weighted by Crippen LogP contribution is 2.21. The molecule has 2 aromatic rings. The van der Waals surface area contributed by atoms with Gasteiger partial charge in [0.1, 0.15) is 0 Å². The number of Topliss-reactive ketones (excluding diaryl/α,β-unsaturated/α-hetero) is 1. The number of carbonyl (C=O) groups is 3. The zero-order valence-corrected chi connectivity index (χ0v) is 19.3. The number of amides is 2. The Kier molecular flexibility index (Phi) is 7.64. The van der Waals surface area contributed by atoms with Crippen LogP contribution in [0.1, 0.15) is 34.0 Å². The van der Waals surface area contributed by atoms with E-state index in [9.17, 15) is 14.4 Å². The van der Waals surface area contributed by atoms with Crippen LogP contribution in [0.4, 0.5) is 11.4 Å². The fourth-order valence-electron chi connectivity index (χ4n) is 4.07. The van der Waals surface area contributed by atoms with Crippen molar-refractivity contribution in [3.63, 3.8) is 0 Å². The van der Waals surface area contributed by atoms with E-state index in [1.807, 2.05) is 57.2 Å². The van der Waals surface area contributed by atoms with Crippen LogP contribution in [0.2, 0.25) is 0 Å². The maximum Gasteiger partial charge on any atom is 0.243 e. The van der Waals surface area contributed by atoms with Crippen LogP contribution in [-0.4, -0.2) is 61.8 Å². The van der Waals surface area contributed by atoms with Gasteiger partial charge >= 0.3 is 0 Å². The van der Waals surface area contributed by atoms with Gasteiger partial charge in [0, 0.05) is 43.1 Å². The molecule has 7 nitrogen and oxygen atoms in total. The van der Waals surface area contributed by atoms with Crippen LogP contribution < -0.4 is 15.5 Å². The van der Waals surface area contributed by atoms with Crippen molar-refractivity contribution in [3.05, 3.63) is 58.7 Å². The van der Waals surface area contributed by atoms with Crippen molar-refractivity contribution in [2.24, 2.45) is 0 Å². The van der Waals surface area contributed by atoms with Crippen LogP contribution in [0.5, 0.6) is 0 Å². The summed E-state index contributed by atoms with van der Waals surface area (Å²) in [6.45, 7) is 10.9. The third-order valence-corrected chi connectivity index (χ3v) is 5.77. The average Bonchev–Trinajstić information content (AvgIpc) is 2.75. The Balaban J connectivity index is 1.41. The number of ketones is 1. The Labute approximate surface area is 189 Å². The smallest absolute Gasteiger partial charge is 0.243 e. The number of rotatable bonds is 7. The van der Waals surface area contributed by atoms with Crippen LogP contribution in [0, 0.1) is 20.8 Å². The monoisotopic (exact) mass is 436 g/mol. The van der Waals surface area contributed by atoms with Gasteiger partial charge in [-0.25, -0.2) is 0 Å². The Morgan fingerprint density at radius 1 is 0.875 bits per heavy atom. The van der Waals surface area contributed by atoms with Gasteiger partial charge in [0.2, 0.25) is 11.8 Å². The second-order valence-corrected chi connectivity index (χ2v) is 8.46. The molecule has 1 aliphatic rings. The molecule has 3 rings (SSSR count). The third kappa shape index (κ3) is 6.17. The summed E-state index contributed by atoms with van der Waals surface area (Å²) in [5.41, 5.74) is 5.77. The van der Waals surface area contributed by atoms with Gasteiger partial charge in [-0.1, -0.05) is 17.7 Å². The number of aryl methyl sites for hydroxylation is 3. The summed E-state index contributed by atoms with van der Waals surface area (Å²) in [6, 6.07) is 11.7. The first kappa shape index (κ1) is 23.5. The van der Waals surface area contributed by atoms with Gasteiger partial charge in [-0.05, 0) is 63.1 Å². The van der Waals surface area contributed by atoms with Gasteiger partial charge in [-0.15, -0.1) is 0 Å². The highest BCUT2D eigenvalue weighted by Gasteiger charge is 2.20. The van der Waals surface area contributed by atoms with E-state index in [2.05, 4.69) is 20.4 Å². The minimum atomic E-state index is -0.229. The van der Waals surface area contributed by atoms with E-state index in [1.54, 1.807) is 6.92 Å². The highest BCUT2D eigenvalue weighted by molar-refractivity contribution is 5.96. The number of hydrogen-bond donors (Lipinski definition) is 2. The zero-order valence-electron chi connectivity index (χ0n) is 19.3. The first-order valence-corrected chi connectivity index (χ1v) is 11.0. The third-order valence-electron chi connectivity index (χ3n) is 5.77. The van der Waals surface area contributed by atoms with Crippen LogP contribution in [0.3, 0.4) is 0 Å². The summed E-state index contributed by atoms with van der Waals surface area (Å²) in [4.78, 5) is 40.4. The van der Waals surface area contributed by atoms with Crippen molar-refractivity contribution in [2.45, 2.75) is 27.7 Å². The number of nitrogens with one attached hydrogen (secondary N) is 2. The van der Waals surface area contributed by atoms with Crippen molar-refractivity contribution in [1.82, 2.24) is 10.2 Å². The molecule has 0 aromatic heterocycles. The fraction of sp³-hybridized carbons (Fsp3) is 0.400. The van der Waals surface area contributed by atoms with E-state index in [0.717, 1.165) is 54.2 Å². The van der Waals surface area contributed by atoms with Gasteiger partial charge in [0.05, 0.1) is 13.1 Å². The van der Waals surface area contributed by atoms with Crippen LogP contribution >= 0.6 is 0 Å². The molecule has 7 heteroatoms. The van der Waals surface area contributed by atoms with Gasteiger partial charge in [-0.3, -0.25) is 19.3 Å². The summed E-state index contributed by atoms with van der Waals surface area (Å²) < 4.78 is 0. The van der Waals surface area contributed by atoms with Crippen molar-refractivity contribution in [3.8, 4) is 0 Å². The summed E-state index contributed by atoms with van der Waals surface area (Å²) in [5.74, 6) is -0.325. The lowest BCUT2D eigenvalue weighted by Crippen LogP contribution is -2.50. The Morgan fingerprint density at radius 3 is 2.03 bits per heavy atom. The number of hydrogen-bond acceptors (Lipinski definition) is 5. The van der Waals surface area contributed by atoms with E-state index in [-0.39, 0.29) is 30.7 Å². The number of piperazine rings is 1. The SMILES string of the molecule is CC(=O)c1ccc(N2CCN(CC(=O)NCC(=O)Nc3c(C)cc(C)cc3C)CC2)cc1. The number of carbonyl (C=O) groups excluding carboxylic acids is 3. The second-order valence-electron chi connectivity index (χ2n) is 8.46. The number of anilines is 2. The fourth-order valence-corrected chi connectivity index (χ4v) is 4.07. The molecule has 0 saturated carbocycles. The van der Waals surface area contributed by atoms with Gasteiger partial charge in [0.15, 0.2) is 5.78 Å². The number of benzene rings is 2. The van der Waals surface area contributed by atoms with Crippen molar-refractivity contribution in [2.75, 3.05) is 49.5 Å². The molecule has 0 unspecified atom stereocenters. The van der Waals surface area contributed by atoms with Crippen molar-refractivity contribution < 1.29 is 14.4 Å². The molecular formula is C25H32N4O3. The average molecular weight is 437 g/mol. The lowest BCUT2D eigenvalue weighted by atomic mass is 10.1. The predicted octanol–water partition coefficient (Wildman–Crippen LogP) is 2.69. The van der Waals surface area contributed by atoms with Crippen LogP contribution in [0.25, 0.3) is 0 Å². The van der Waals surface area contributed by atoms with Gasteiger partial charge < -0.3 is 15.5 Å². The summed E-state index contributed by atoms with van der Waals surface area (Å²) in [7, 11) is 0. The molecule has 0 atom stereocenters. The molecule has 1 heterocycles. The van der Waals surface area contributed by atoms with E-state index in [1.165, 1.54) is 0 Å². The molecule has 32 heavy (non-hydrogen) atoms. The summed E-state index contributed by atoms with van der Waals surface area (Å²) >= 11 is 0. The molecule has 0 radical (unpaired) electrons. The molecule has 0 spiro atoms. The lowest BCUT2D eigenvalue weighted by molar-refractivity contribution is -0.125. The van der Waals surface area contributed by atoms with Crippen molar-refractivity contribution >= 4 is 29.0 Å². The summed E-state index contributed by atoms with van der Waals surface area (Å²) in [6.07, 6.45) is 0. The Bertz CT molecular complexity index is 970. The second kappa shape index (κ2) is 10.4. The first-order valence-electron chi connectivity index (χ1n) is 11.0. The molecule has 2 aromatic carbocycles. The number of nitrogens with zero attached hydrogens (tertiary/aromatic N) is 2. The normalized spacial score (nSPS) is 14.2. The molecule has 2 amide bonds. The summed E-state index contributed by atoms with van der Waals surface area (Å²) in [5, 5.41) is 5.63. The molecule has 0 bridgehead atoms.